The lowest BCUT2D eigenvalue weighted by atomic mass is 10.0. The average molecular weight is 615 g/mol. The van der Waals surface area contributed by atoms with E-state index in [1.807, 2.05) is 38.1 Å². The first-order chi connectivity index (χ1) is 21.9. The molecule has 0 spiro atoms. The van der Waals surface area contributed by atoms with Crippen molar-refractivity contribution in [1.29, 1.82) is 0 Å². The second-order valence-corrected chi connectivity index (χ2v) is 11.4. The number of nitrogens with one attached hydrogen (secondary N) is 2. The number of carbonyl (C=O) groups excluding carboxylic acids is 1. The minimum atomic E-state index is -0.350. The first-order valence-electron chi connectivity index (χ1n) is 15.6. The zero-order valence-corrected chi connectivity index (χ0v) is 26.6. The number of amides is 1. The van der Waals surface area contributed by atoms with Crippen molar-refractivity contribution in [3.05, 3.63) is 77.7 Å². The van der Waals surface area contributed by atoms with E-state index in [4.69, 9.17) is 4.74 Å². The number of ether oxygens (including phenoxy) is 1. The molecular formula is C34H43FN8O2. The van der Waals surface area contributed by atoms with Crippen LogP contribution in [0.25, 0.3) is 16.8 Å². The Labute approximate surface area is 265 Å². The summed E-state index contributed by atoms with van der Waals surface area (Å²) in [5.74, 6) is 0.856. The molecule has 1 amide bonds. The number of hydrogen-bond donors (Lipinski definition) is 2. The average Bonchev–Trinajstić information content (AvgIpc) is 3.06. The van der Waals surface area contributed by atoms with Gasteiger partial charge < -0.3 is 30.1 Å². The third kappa shape index (κ3) is 8.23. The van der Waals surface area contributed by atoms with Gasteiger partial charge in [0.25, 0.3) is 0 Å². The molecular weight excluding hydrogens is 571 g/mol. The molecule has 2 N–H and O–H groups in total. The quantitative estimate of drug-likeness (QED) is 0.284. The SMILES string of the molecule is C/C=C(\OC)N1CC=C(c2nnc(-c3cc(CC)ccc3F)cc2Nc2ccnc(NC(=O)CCN3CCN(C)CC3)c2)CC1. The van der Waals surface area contributed by atoms with Crippen molar-refractivity contribution in [2.24, 2.45) is 0 Å². The second-order valence-electron chi connectivity index (χ2n) is 11.4. The Morgan fingerprint density at radius 2 is 1.91 bits per heavy atom. The van der Waals surface area contributed by atoms with Crippen molar-refractivity contribution in [1.82, 2.24) is 29.9 Å². The Morgan fingerprint density at radius 3 is 2.62 bits per heavy atom. The number of halogens is 1. The van der Waals surface area contributed by atoms with Crippen LogP contribution < -0.4 is 10.6 Å². The number of aromatic nitrogens is 3. The minimum Gasteiger partial charge on any atom is -0.483 e. The van der Waals surface area contributed by atoms with Crippen molar-refractivity contribution >= 4 is 28.7 Å². The largest absolute Gasteiger partial charge is 0.483 e. The summed E-state index contributed by atoms with van der Waals surface area (Å²) in [5.41, 5.74) is 5.00. The molecule has 4 heterocycles. The summed E-state index contributed by atoms with van der Waals surface area (Å²) in [5, 5.41) is 15.5. The van der Waals surface area contributed by atoms with E-state index in [0.29, 0.717) is 48.0 Å². The summed E-state index contributed by atoms with van der Waals surface area (Å²) in [7, 11) is 3.79. The molecule has 1 aromatic carbocycles. The zero-order chi connectivity index (χ0) is 31.8. The minimum absolute atomic E-state index is 0.0770. The first kappa shape index (κ1) is 32.1. The maximum absolute atomic E-state index is 15.0. The molecule has 0 saturated carbocycles. The molecule has 0 bridgehead atoms. The number of pyridine rings is 1. The molecule has 5 rings (SSSR count). The number of likely N-dealkylation sites (N-methyl/N-ethyl adjacent to an activating group) is 1. The number of allylic oxidation sites excluding steroid dienone is 1. The van der Waals surface area contributed by atoms with Gasteiger partial charge in [0.2, 0.25) is 5.91 Å². The second kappa shape index (κ2) is 15.1. The Morgan fingerprint density at radius 1 is 1.09 bits per heavy atom. The molecule has 3 aromatic rings. The summed E-state index contributed by atoms with van der Waals surface area (Å²) in [6, 6.07) is 10.6. The van der Waals surface area contributed by atoms with Gasteiger partial charge in [-0.05, 0) is 68.3 Å². The highest BCUT2D eigenvalue weighted by molar-refractivity contribution is 5.90. The predicted octanol–water partition coefficient (Wildman–Crippen LogP) is 5.16. The summed E-state index contributed by atoms with van der Waals surface area (Å²) < 4.78 is 20.5. The van der Waals surface area contributed by atoms with Gasteiger partial charge in [-0.3, -0.25) is 4.79 Å². The molecule has 2 aliphatic heterocycles. The van der Waals surface area contributed by atoms with Crippen molar-refractivity contribution < 1.29 is 13.9 Å². The lowest BCUT2D eigenvalue weighted by Crippen LogP contribution is -2.45. The van der Waals surface area contributed by atoms with Gasteiger partial charge in [0, 0.05) is 75.7 Å². The van der Waals surface area contributed by atoms with E-state index in [9.17, 15) is 9.18 Å². The van der Waals surface area contributed by atoms with Crippen LogP contribution in [0.3, 0.4) is 0 Å². The number of rotatable bonds is 11. The lowest BCUT2D eigenvalue weighted by Gasteiger charge is -2.32. The normalized spacial score (nSPS) is 16.3. The fourth-order valence-electron chi connectivity index (χ4n) is 5.63. The number of nitrogens with zero attached hydrogens (tertiary/aromatic N) is 6. The zero-order valence-electron chi connectivity index (χ0n) is 26.6. The molecule has 0 radical (unpaired) electrons. The van der Waals surface area contributed by atoms with Gasteiger partial charge in [-0.1, -0.05) is 19.1 Å². The van der Waals surface area contributed by atoms with Crippen LogP contribution in [0.4, 0.5) is 21.6 Å². The number of aryl methyl sites for hydroxylation is 1. The number of methoxy groups -OCH3 is 1. The topological polar surface area (TPSA) is 98.8 Å². The standard InChI is InChI=1S/C34H43FN8O2/c1-5-24-7-8-28(35)27(21-24)29-23-30(34(40-39-29)25-10-15-43(16-11-25)33(6-2)45-4)37-26-9-13-36-31(22-26)38-32(44)12-14-42-19-17-41(3)18-20-42/h6-10,13,21-23H,5,11-12,14-20H2,1-4H3,(H2,36,37,38,39,44)/b33-6-. The van der Waals surface area contributed by atoms with E-state index < -0.39 is 0 Å². The Kier molecular flexibility index (Phi) is 10.7. The van der Waals surface area contributed by atoms with E-state index >= 15 is 0 Å². The molecule has 2 aliphatic rings. The van der Waals surface area contributed by atoms with Crippen LogP contribution in [0, 0.1) is 5.82 Å². The number of hydrogen-bond acceptors (Lipinski definition) is 9. The van der Waals surface area contributed by atoms with Crippen LogP contribution >= 0.6 is 0 Å². The Bertz CT molecular complexity index is 1550. The highest BCUT2D eigenvalue weighted by Crippen LogP contribution is 2.33. The Hall–Kier alpha value is -4.35. The molecule has 11 heteroatoms. The molecule has 2 aromatic heterocycles. The molecule has 0 atom stereocenters. The van der Waals surface area contributed by atoms with E-state index in [1.165, 1.54) is 6.07 Å². The summed E-state index contributed by atoms with van der Waals surface area (Å²) in [4.78, 5) is 23.9. The Balaban J connectivity index is 1.38. The number of anilines is 3. The van der Waals surface area contributed by atoms with Crippen LogP contribution in [0.2, 0.25) is 0 Å². The number of piperazine rings is 1. The summed E-state index contributed by atoms with van der Waals surface area (Å²) in [6.45, 7) is 10.1. The number of carbonyl (C=O) groups is 1. The van der Waals surface area contributed by atoms with Crippen LogP contribution in [0.1, 0.15) is 37.9 Å². The third-order valence-electron chi connectivity index (χ3n) is 8.35. The number of benzene rings is 1. The molecule has 45 heavy (non-hydrogen) atoms. The van der Waals surface area contributed by atoms with Crippen LogP contribution in [0.5, 0.6) is 0 Å². The van der Waals surface area contributed by atoms with Crippen LogP contribution in [-0.2, 0) is 16.0 Å². The van der Waals surface area contributed by atoms with Crippen LogP contribution in [-0.4, -0.2) is 95.8 Å². The fraction of sp³-hybridized carbons (Fsp3) is 0.412. The van der Waals surface area contributed by atoms with Gasteiger partial charge in [-0.15, -0.1) is 10.2 Å². The van der Waals surface area contributed by atoms with Gasteiger partial charge in [0.1, 0.15) is 17.3 Å². The summed E-state index contributed by atoms with van der Waals surface area (Å²) >= 11 is 0. The molecule has 0 unspecified atom stereocenters. The smallest absolute Gasteiger partial charge is 0.226 e. The van der Waals surface area contributed by atoms with Gasteiger partial charge >= 0.3 is 0 Å². The maximum atomic E-state index is 15.0. The van der Waals surface area contributed by atoms with Gasteiger partial charge in [-0.2, -0.15) is 0 Å². The van der Waals surface area contributed by atoms with E-state index in [2.05, 4.69) is 53.6 Å². The first-order valence-corrected chi connectivity index (χ1v) is 15.6. The van der Waals surface area contributed by atoms with Gasteiger partial charge in [-0.25, -0.2) is 9.37 Å². The molecule has 10 nitrogen and oxygen atoms in total. The highest BCUT2D eigenvalue weighted by atomic mass is 19.1. The van der Waals surface area contributed by atoms with Gasteiger partial charge in [0.05, 0.1) is 18.5 Å². The van der Waals surface area contributed by atoms with E-state index in [0.717, 1.165) is 68.3 Å². The molecule has 0 aliphatic carbocycles. The van der Waals surface area contributed by atoms with E-state index in [1.54, 1.807) is 25.4 Å². The molecule has 238 valence electrons. The van der Waals surface area contributed by atoms with Crippen molar-refractivity contribution in [3.8, 4) is 11.3 Å². The van der Waals surface area contributed by atoms with Crippen molar-refractivity contribution in [2.45, 2.75) is 33.1 Å². The third-order valence-corrected chi connectivity index (χ3v) is 8.35. The van der Waals surface area contributed by atoms with E-state index in [-0.39, 0.29) is 11.7 Å². The fourth-order valence-corrected chi connectivity index (χ4v) is 5.63. The van der Waals surface area contributed by atoms with Gasteiger partial charge in [0.15, 0.2) is 5.88 Å². The lowest BCUT2D eigenvalue weighted by molar-refractivity contribution is -0.116. The van der Waals surface area contributed by atoms with Crippen molar-refractivity contribution in [3.63, 3.8) is 0 Å². The maximum Gasteiger partial charge on any atom is 0.226 e. The monoisotopic (exact) mass is 614 g/mol. The highest BCUT2D eigenvalue weighted by Gasteiger charge is 2.21. The summed E-state index contributed by atoms with van der Waals surface area (Å²) in [6.07, 6.45) is 7.64. The molecule has 1 fully saturated rings. The molecule has 1 saturated heterocycles. The van der Waals surface area contributed by atoms with Crippen molar-refractivity contribution in [2.75, 3.05) is 70.6 Å². The van der Waals surface area contributed by atoms with Crippen LogP contribution in [0.15, 0.2) is 60.6 Å². The predicted molar refractivity (Wildman–Crippen MR) is 176 cm³/mol.